The number of rotatable bonds is 7. The lowest BCUT2D eigenvalue weighted by Crippen LogP contribution is -2.30. The van der Waals surface area contributed by atoms with Crippen LogP contribution in [0.3, 0.4) is 0 Å². The Morgan fingerprint density at radius 1 is 1.22 bits per heavy atom. The molecule has 0 unspecified atom stereocenters. The minimum Gasteiger partial charge on any atom is -0.496 e. The van der Waals surface area contributed by atoms with Crippen molar-refractivity contribution in [3.05, 3.63) is 64.2 Å². The number of nitrogens with zero attached hydrogens (tertiary/aromatic N) is 2. The quantitative estimate of drug-likeness (QED) is 0.574. The van der Waals surface area contributed by atoms with Gasteiger partial charge in [0.15, 0.2) is 5.75 Å². The molecule has 146 valence electrons. The Hall–Kier alpha value is -2.35. The number of nitro groups is 1. The second-order valence-corrected chi connectivity index (χ2v) is 6.38. The lowest BCUT2D eigenvalue weighted by Gasteiger charge is -2.16. The number of hydrogen-bond donors (Lipinski definition) is 1. The van der Waals surface area contributed by atoms with Crippen LogP contribution in [-0.4, -0.2) is 49.2 Å². The van der Waals surface area contributed by atoms with E-state index in [-0.39, 0.29) is 29.9 Å². The fourth-order valence-electron chi connectivity index (χ4n) is 3.32. The van der Waals surface area contributed by atoms with Crippen molar-refractivity contribution in [2.24, 2.45) is 5.73 Å². The van der Waals surface area contributed by atoms with Crippen LogP contribution in [0, 0.1) is 10.1 Å². The van der Waals surface area contributed by atoms with Crippen LogP contribution in [0.4, 0.5) is 5.69 Å². The molecule has 0 aromatic heterocycles. The third-order valence-corrected chi connectivity index (χ3v) is 4.70. The van der Waals surface area contributed by atoms with Gasteiger partial charge in [0.1, 0.15) is 12.4 Å². The third-order valence-electron chi connectivity index (χ3n) is 4.70. The van der Waals surface area contributed by atoms with Gasteiger partial charge in [0.2, 0.25) is 0 Å². The SMILES string of the molecule is COc1ccc(OCCN2C[C@@H](N)[C@H](c3ccccc3)C2)c([N+](=O)[O-])c1.Cl. The monoisotopic (exact) mass is 393 g/mol. The van der Waals surface area contributed by atoms with Crippen LogP contribution in [0.2, 0.25) is 0 Å². The van der Waals surface area contributed by atoms with E-state index < -0.39 is 4.92 Å². The average molecular weight is 394 g/mol. The summed E-state index contributed by atoms with van der Waals surface area (Å²) in [5.74, 6) is 0.977. The Kier molecular flexibility index (Phi) is 7.41. The van der Waals surface area contributed by atoms with Crippen LogP contribution in [0.25, 0.3) is 0 Å². The molecule has 7 nitrogen and oxygen atoms in total. The molecule has 1 fully saturated rings. The van der Waals surface area contributed by atoms with Crippen LogP contribution in [-0.2, 0) is 0 Å². The molecule has 1 aliphatic heterocycles. The summed E-state index contributed by atoms with van der Waals surface area (Å²) in [5.41, 5.74) is 7.45. The van der Waals surface area contributed by atoms with Crippen molar-refractivity contribution in [3.8, 4) is 11.5 Å². The zero-order chi connectivity index (χ0) is 18.5. The van der Waals surface area contributed by atoms with Crippen LogP contribution in [0.15, 0.2) is 48.5 Å². The maximum absolute atomic E-state index is 11.2. The molecule has 0 aliphatic carbocycles. The lowest BCUT2D eigenvalue weighted by atomic mass is 9.95. The minimum absolute atomic E-state index is 0. The van der Waals surface area contributed by atoms with Gasteiger partial charge in [0.25, 0.3) is 0 Å². The number of nitrogens with two attached hydrogens (primary N) is 1. The second-order valence-electron chi connectivity index (χ2n) is 6.38. The summed E-state index contributed by atoms with van der Waals surface area (Å²) in [4.78, 5) is 13.0. The van der Waals surface area contributed by atoms with Crippen molar-refractivity contribution in [1.82, 2.24) is 4.90 Å². The van der Waals surface area contributed by atoms with Gasteiger partial charge in [-0.3, -0.25) is 15.0 Å². The molecule has 0 saturated carbocycles. The Balaban J connectivity index is 0.00000261. The number of ether oxygens (including phenoxy) is 2. The number of likely N-dealkylation sites (tertiary alicyclic amines) is 1. The molecule has 1 aliphatic rings. The number of hydrogen-bond acceptors (Lipinski definition) is 6. The molecule has 2 aromatic rings. The van der Waals surface area contributed by atoms with Crippen molar-refractivity contribution < 1.29 is 14.4 Å². The summed E-state index contributed by atoms with van der Waals surface area (Å²) in [6.45, 7) is 2.68. The third kappa shape index (κ3) is 5.09. The predicted molar refractivity (Wildman–Crippen MR) is 106 cm³/mol. The van der Waals surface area contributed by atoms with Crippen molar-refractivity contribution >= 4 is 18.1 Å². The fourth-order valence-corrected chi connectivity index (χ4v) is 3.32. The summed E-state index contributed by atoms with van der Waals surface area (Å²) in [6, 6.07) is 14.9. The van der Waals surface area contributed by atoms with Crippen LogP contribution in [0.1, 0.15) is 11.5 Å². The smallest absolute Gasteiger partial charge is 0.314 e. The fraction of sp³-hybridized carbons (Fsp3) is 0.368. The maximum Gasteiger partial charge on any atom is 0.314 e. The summed E-state index contributed by atoms with van der Waals surface area (Å²) >= 11 is 0. The molecular formula is C19H24ClN3O4. The standard InChI is InChI=1S/C19H23N3O4.ClH/c1-25-15-7-8-19(18(11-15)22(23)24)26-10-9-21-12-16(17(20)13-21)14-5-3-2-4-6-14;/h2-8,11,16-17H,9-10,12-13,20H2,1H3;1H/t16-,17+;/m0./s1. The summed E-state index contributed by atoms with van der Waals surface area (Å²) < 4.78 is 10.7. The highest BCUT2D eigenvalue weighted by Crippen LogP contribution is 2.31. The van der Waals surface area contributed by atoms with Crippen molar-refractivity contribution in [2.45, 2.75) is 12.0 Å². The first-order valence-electron chi connectivity index (χ1n) is 8.56. The molecule has 1 heterocycles. The first-order valence-corrected chi connectivity index (χ1v) is 8.56. The van der Waals surface area contributed by atoms with Crippen LogP contribution >= 0.6 is 12.4 Å². The van der Waals surface area contributed by atoms with Gasteiger partial charge in [0, 0.05) is 31.6 Å². The molecule has 27 heavy (non-hydrogen) atoms. The number of benzene rings is 2. The average Bonchev–Trinajstić information content (AvgIpc) is 3.03. The number of methoxy groups -OCH3 is 1. The molecule has 0 spiro atoms. The highest BCUT2D eigenvalue weighted by Gasteiger charge is 2.31. The normalized spacial score (nSPS) is 19.3. The van der Waals surface area contributed by atoms with Gasteiger partial charge in [-0.2, -0.15) is 0 Å². The molecule has 3 rings (SSSR count). The Bertz CT molecular complexity index is 760. The molecule has 8 heteroatoms. The van der Waals surface area contributed by atoms with E-state index in [1.54, 1.807) is 12.1 Å². The van der Waals surface area contributed by atoms with E-state index in [0.717, 1.165) is 13.1 Å². The molecule has 2 N–H and O–H groups in total. The first kappa shape index (κ1) is 21.0. The Labute approximate surface area is 164 Å². The molecule has 0 bridgehead atoms. The molecular weight excluding hydrogens is 370 g/mol. The highest BCUT2D eigenvalue weighted by atomic mass is 35.5. The zero-order valence-corrected chi connectivity index (χ0v) is 15.9. The summed E-state index contributed by atoms with van der Waals surface area (Å²) in [6.07, 6.45) is 0. The van der Waals surface area contributed by atoms with E-state index in [9.17, 15) is 10.1 Å². The first-order chi connectivity index (χ1) is 12.6. The van der Waals surface area contributed by atoms with Gasteiger partial charge >= 0.3 is 5.69 Å². The van der Waals surface area contributed by atoms with Gasteiger partial charge in [-0.25, -0.2) is 0 Å². The lowest BCUT2D eigenvalue weighted by molar-refractivity contribution is -0.385. The topological polar surface area (TPSA) is 90.9 Å². The van der Waals surface area contributed by atoms with Crippen molar-refractivity contribution in [1.29, 1.82) is 0 Å². The predicted octanol–water partition coefficient (Wildman–Crippen LogP) is 2.83. The Morgan fingerprint density at radius 2 is 1.96 bits per heavy atom. The van der Waals surface area contributed by atoms with Crippen LogP contribution < -0.4 is 15.2 Å². The van der Waals surface area contributed by atoms with E-state index in [1.807, 2.05) is 18.2 Å². The van der Waals surface area contributed by atoms with Crippen molar-refractivity contribution in [2.75, 3.05) is 33.4 Å². The molecule has 0 radical (unpaired) electrons. The number of halogens is 1. The minimum atomic E-state index is -0.463. The van der Waals surface area contributed by atoms with Gasteiger partial charge in [-0.15, -0.1) is 12.4 Å². The van der Waals surface area contributed by atoms with Crippen LogP contribution in [0.5, 0.6) is 11.5 Å². The summed E-state index contributed by atoms with van der Waals surface area (Å²) in [5, 5.41) is 11.2. The Morgan fingerprint density at radius 3 is 2.63 bits per heavy atom. The number of nitro benzene ring substituents is 1. The molecule has 2 aromatic carbocycles. The molecule has 1 saturated heterocycles. The summed E-state index contributed by atoms with van der Waals surface area (Å²) in [7, 11) is 1.47. The van der Waals surface area contributed by atoms with E-state index in [4.69, 9.17) is 15.2 Å². The van der Waals surface area contributed by atoms with Gasteiger partial charge in [-0.1, -0.05) is 30.3 Å². The van der Waals surface area contributed by atoms with E-state index in [0.29, 0.717) is 24.8 Å². The maximum atomic E-state index is 11.2. The highest BCUT2D eigenvalue weighted by molar-refractivity contribution is 5.85. The second kappa shape index (κ2) is 9.55. The zero-order valence-electron chi connectivity index (χ0n) is 15.1. The van der Waals surface area contributed by atoms with Gasteiger partial charge < -0.3 is 15.2 Å². The van der Waals surface area contributed by atoms with E-state index in [1.165, 1.54) is 18.7 Å². The molecule has 0 amide bonds. The van der Waals surface area contributed by atoms with E-state index >= 15 is 0 Å². The van der Waals surface area contributed by atoms with Gasteiger partial charge in [0.05, 0.1) is 18.1 Å². The molecule has 2 atom stereocenters. The largest absolute Gasteiger partial charge is 0.496 e. The van der Waals surface area contributed by atoms with E-state index in [2.05, 4.69) is 17.0 Å². The van der Waals surface area contributed by atoms with Gasteiger partial charge in [-0.05, 0) is 17.7 Å². The van der Waals surface area contributed by atoms with Crippen molar-refractivity contribution in [3.63, 3.8) is 0 Å².